The van der Waals surface area contributed by atoms with E-state index in [1.54, 1.807) is 18.3 Å². The normalized spacial score (nSPS) is 10.7. The van der Waals surface area contributed by atoms with E-state index < -0.39 is 0 Å². The van der Waals surface area contributed by atoms with Crippen molar-refractivity contribution >= 4 is 6.21 Å². The standard InChI is InChI=1S/C8H9FN2/c9-8-3-1-7(2-4-8)5-11-6-10/h1-5H,6,10H2/b11-5+. The molecule has 2 N–H and O–H groups in total. The van der Waals surface area contributed by atoms with E-state index in [9.17, 15) is 4.39 Å². The highest BCUT2D eigenvalue weighted by atomic mass is 19.1. The predicted molar refractivity (Wildman–Crippen MR) is 43.0 cm³/mol. The van der Waals surface area contributed by atoms with Crippen molar-refractivity contribution < 1.29 is 4.39 Å². The smallest absolute Gasteiger partial charge is 0.123 e. The van der Waals surface area contributed by atoms with E-state index >= 15 is 0 Å². The lowest BCUT2D eigenvalue weighted by Gasteiger charge is -1.90. The van der Waals surface area contributed by atoms with Gasteiger partial charge in [0.1, 0.15) is 5.82 Å². The molecule has 0 aliphatic heterocycles. The summed E-state index contributed by atoms with van der Waals surface area (Å²) in [6.45, 7) is 0.261. The zero-order valence-electron chi connectivity index (χ0n) is 6.00. The molecule has 0 radical (unpaired) electrons. The summed E-state index contributed by atoms with van der Waals surface area (Å²) in [7, 11) is 0. The van der Waals surface area contributed by atoms with Gasteiger partial charge in [0.2, 0.25) is 0 Å². The Morgan fingerprint density at radius 3 is 2.55 bits per heavy atom. The average Bonchev–Trinajstić information content (AvgIpc) is 2.04. The Bertz CT molecular complexity index is 241. The molecule has 2 nitrogen and oxygen atoms in total. The number of nitrogens with zero attached hydrogens (tertiary/aromatic N) is 1. The first-order valence-corrected chi connectivity index (χ1v) is 3.28. The molecule has 1 aromatic rings. The van der Waals surface area contributed by atoms with Crippen molar-refractivity contribution in [1.29, 1.82) is 0 Å². The Kier molecular flexibility index (Phi) is 2.74. The van der Waals surface area contributed by atoms with Gasteiger partial charge in [-0.3, -0.25) is 4.99 Å². The summed E-state index contributed by atoms with van der Waals surface area (Å²) in [5.74, 6) is -0.241. The first-order valence-electron chi connectivity index (χ1n) is 3.28. The third kappa shape index (κ3) is 2.47. The Hall–Kier alpha value is -1.22. The third-order valence-electron chi connectivity index (χ3n) is 1.22. The summed E-state index contributed by atoms with van der Waals surface area (Å²) >= 11 is 0. The molecule has 3 heteroatoms. The molecule has 0 aromatic heterocycles. The lowest BCUT2D eigenvalue weighted by atomic mass is 10.2. The highest BCUT2D eigenvalue weighted by Gasteiger charge is 1.87. The Morgan fingerprint density at radius 1 is 1.36 bits per heavy atom. The van der Waals surface area contributed by atoms with Crippen LogP contribution in [0.25, 0.3) is 0 Å². The van der Waals surface area contributed by atoms with Crippen LogP contribution in [0.5, 0.6) is 0 Å². The van der Waals surface area contributed by atoms with Gasteiger partial charge in [-0.15, -0.1) is 0 Å². The molecule has 0 atom stereocenters. The van der Waals surface area contributed by atoms with Gasteiger partial charge in [-0.05, 0) is 17.7 Å². The molecule has 0 aliphatic carbocycles. The van der Waals surface area contributed by atoms with Gasteiger partial charge < -0.3 is 5.73 Å². The predicted octanol–water partition coefficient (Wildman–Crippen LogP) is 1.16. The molecule has 0 heterocycles. The first-order chi connectivity index (χ1) is 5.33. The fourth-order valence-electron chi connectivity index (χ4n) is 0.707. The van der Waals surface area contributed by atoms with Gasteiger partial charge in [0.05, 0.1) is 6.67 Å². The van der Waals surface area contributed by atoms with Gasteiger partial charge in [-0.25, -0.2) is 4.39 Å². The van der Waals surface area contributed by atoms with Crippen molar-refractivity contribution in [2.75, 3.05) is 6.67 Å². The third-order valence-corrected chi connectivity index (χ3v) is 1.22. The summed E-state index contributed by atoms with van der Waals surface area (Å²) in [5.41, 5.74) is 5.99. The quantitative estimate of drug-likeness (QED) is 0.634. The molecule has 0 fully saturated rings. The van der Waals surface area contributed by atoms with Crippen LogP contribution in [0.2, 0.25) is 0 Å². The molecule has 0 saturated heterocycles. The van der Waals surface area contributed by atoms with Crippen LogP contribution in [-0.2, 0) is 0 Å². The summed E-state index contributed by atoms with van der Waals surface area (Å²) in [6.07, 6.45) is 1.61. The zero-order chi connectivity index (χ0) is 8.10. The molecule has 0 saturated carbocycles. The van der Waals surface area contributed by atoms with Crippen LogP contribution >= 0.6 is 0 Å². The number of aliphatic imine (C=N–C) groups is 1. The van der Waals surface area contributed by atoms with Crippen molar-refractivity contribution in [2.45, 2.75) is 0 Å². The fourth-order valence-corrected chi connectivity index (χ4v) is 0.707. The number of hydrogen-bond donors (Lipinski definition) is 1. The van der Waals surface area contributed by atoms with Crippen LogP contribution in [0.4, 0.5) is 4.39 Å². The maximum absolute atomic E-state index is 12.3. The zero-order valence-corrected chi connectivity index (χ0v) is 6.00. The summed E-state index contributed by atoms with van der Waals surface area (Å²) in [5, 5.41) is 0. The van der Waals surface area contributed by atoms with Gasteiger partial charge in [0.15, 0.2) is 0 Å². The van der Waals surface area contributed by atoms with E-state index in [1.807, 2.05) is 0 Å². The van der Waals surface area contributed by atoms with E-state index in [2.05, 4.69) is 4.99 Å². The molecular formula is C8H9FN2. The van der Waals surface area contributed by atoms with Gasteiger partial charge in [0.25, 0.3) is 0 Å². The van der Waals surface area contributed by atoms with E-state index in [-0.39, 0.29) is 12.5 Å². The van der Waals surface area contributed by atoms with E-state index in [4.69, 9.17) is 5.73 Å². The molecule has 1 aromatic carbocycles. The lowest BCUT2D eigenvalue weighted by Crippen LogP contribution is -1.94. The van der Waals surface area contributed by atoms with Crippen molar-refractivity contribution in [3.63, 3.8) is 0 Å². The largest absolute Gasteiger partial charge is 0.312 e. The van der Waals surface area contributed by atoms with Crippen LogP contribution in [0.15, 0.2) is 29.3 Å². The molecule has 0 amide bonds. The second kappa shape index (κ2) is 3.83. The number of nitrogens with two attached hydrogens (primary N) is 1. The minimum Gasteiger partial charge on any atom is -0.312 e. The van der Waals surface area contributed by atoms with Crippen molar-refractivity contribution in [1.82, 2.24) is 0 Å². The molecule has 0 spiro atoms. The highest BCUT2D eigenvalue weighted by molar-refractivity contribution is 5.79. The molecule has 0 aliphatic rings. The molecule has 58 valence electrons. The topological polar surface area (TPSA) is 38.4 Å². The van der Waals surface area contributed by atoms with Crippen LogP contribution in [0, 0.1) is 5.82 Å². The van der Waals surface area contributed by atoms with Gasteiger partial charge >= 0.3 is 0 Å². The fraction of sp³-hybridized carbons (Fsp3) is 0.125. The minimum atomic E-state index is -0.241. The maximum Gasteiger partial charge on any atom is 0.123 e. The molecule has 11 heavy (non-hydrogen) atoms. The maximum atomic E-state index is 12.3. The highest BCUT2D eigenvalue weighted by Crippen LogP contribution is 1.99. The molecule has 1 rings (SSSR count). The minimum absolute atomic E-state index is 0.241. The number of halogens is 1. The molecule has 0 bridgehead atoms. The van der Waals surface area contributed by atoms with Crippen LogP contribution in [-0.4, -0.2) is 12.9 Å². The van der Waals surface area contributed by atoms with Crippen molar-refractivity contribution in [3.8, 4) is 0 Å². The first kappa shape index (κ1) is 7.88. The second-order valence-electron chi connectivity index (χ2n) is 2.05. The Labute approximate surface area is 64.6 Å². The van der Waals surface area contributed by atoms with Gasteiger partial charge in [-0.1, -0.05) is 12.1 Å². The lowest BCUT2D eigenvalue weighted by molar-refractivity contribution is 0.628. The van der Waals surface area contributed by atoms with E-state index in [1.165, 1.54) is 12.1 Å². The Balaban J connectivity index is 2.73. The summed E-state index contributed by atoms with van der Waals surface area (Å²) in [6, 6.07) is 6.07. The second-order valence-corrected chi connectivity index (χ2v) is 2.05. The number of hydrogen-bond acceptors (Lipinski definition) is 2. The summed E-state index contributed by atoms with van der Waals surface area (Å²) < 4.78 is 12.3. The monoisotopic (exact) mass is 152 g/mol. The summed E-state index contributed by atoms with van der Waals surface area (Å²) in [4.78, 5) is 3.80. The van der Waals surface area contributed by atoms with E-state index in [0.29, 0.717) is 0 Å². The molecular weight excluding hydrogens is 143 g/mol. The number of benzene rings is 1. The van der Waals surface area contributed by atoms with Gasteiger partial charge in [-0.2, -0.15) is 0 Å². The molecule has 0 unspecified atom stereocenters. The Morgan fingerprint density at radius 2 is 2.00 bits per heavy atom. The van der Waals surface area contributed by atoms with Crippen LogP contribution in [0.1, 0.15) is 5.56 Å². The number of rotatable bonds is 2. The SMILES string of the molecule is NC/N=C/c1ccc(F)cc1. The van der Waals surface area contributed by atoms with Crippen LogP contribution in [0.3, 0.4) is 0 Å². The average molecular weight is 152 g/mol. The van der Waals surface area contributed by atoms with Crippen molar-refractivity contribution in [3.05, 3.63) is 35.6 Å². The van der Waals surface area contributed by atoms with E-state index in [0.717, 1.165) is 5.56 Å². The van der Waals surface area contributed by atoms with Gasteiger partial charge in [0, 0.05) is 6.21 Å². The van der Waals surface area contributed by atoms with Crippen LogP contribution < -0.4 is 5.73 Å². The van der Waals surface area contributed by atoms with Crippen molar-refractivity contribution in [2.24, 2.45) is 10.7 Å².